The fraction of sp³-hybridized carbons (Fsp3) is 0.0400. The molecule has 1 heterocycles. The molecule has 4 rings (SSSR count). The third-order valence-corrected chi connectivity index (χ3v) is 6.03. The van der Waals surface area contributed by atoms with Crippen LogP contribution in [0.2, 0.25) is 0 Å². The second-order valence-corrected chi connectivity index (χ2v) is 8.41. The first-order chi connectivity index (χ1) is 16.5. The molecule has 3 aromatic carbocycles. The van der Waals surface area contributed by atoms with Crippen molar-refractivity contribution in [3.05, 3.63) is 103 Å². The first-order valence-electron chi connectivity index (χ1n) is 10.3. The van der Waals surface area contributed by atoms with E-state index in [2.05, 4.69) is 15.4 Å². The fourth-order valence-corrected chi connectivity index (χ4v) is 4.24. The molecule has 0 radical (unpaired) electrons. The predicted molar refractivity (Wildman–Crippen MR) is 130 cm³/mol. The molecule has 1 unspecified atom stereocenters. The van der Waals surface area contributed by atoms with Gasteiger partial charge in [-0.25, -0.2) is 13.8 Å². The van der Waals surface area contributed by atoms with Gasteiger partial charge in [0.25, 0.3) is 0 Å². The van der Waals surface area contributed by atoms with Crippen molar-refractivity contribution in [2.75, 3.05) is 10.0 Å². The standard InChI is InChI=1S/C25H21N3O5S/c29-24(30)18-14-21(33-16-18)15-26-25(31)27-19-10-12-20(13-11-19)28-34(32)23-9-5-4-8-22(23)17-6-2-1-3-7-17/h1-14,16,28H,15H2,(H,29,30)(H2,26,27,31). The third-order valence-electron chi connectivity index (χ3n) is 4.85. The number of amides is 2. The van der Waals surface area contributed by atoms with E-state index in [9.17, 15) is 13.8 Å². The summed E-state index contributed by atoms with van der Waals surface area (Å²) in [5.74, 6) is -0.775. The van der Waals surface area contributed by atoms with Gasteiger partial charge in [0, 0.05) is 11.4 Å². The van der Waals surface area contributed by atoms with E-state index in [1.54, 1.807) is 24.3 Å². The lowest BCUT2D eigenvalue weighted by Crippen LogP contribution is -2.27. The molecule has 0 aliphatic rings. The van der Waals surface area contributed by atoms with Gasteiger partial charge in [0.2, 0.25) is 0 Å². The summed E-state index contributed by atoms with van der Waals surface area (Å²) in [6.07, 6.45) is 1.12. The van der Waals surface area contributed by atoms with Crippen molar-refractivity contribution in [1.29, 1.82) is 0 Å². The quantitative estimate of drug-likeness (QED) is 0.283. The highest BCUT2D eigenvalue weighted by atomic mass is 32.2. The van der Waals surface area contributed by atoms with E-state index in [-0.39, 0.29) is 12.1 Å². The van der Waals surface area contributed by atoms with Crippen LogP contribution in [-0.2, 0) is 17.5 Å². The van der Waals surface area contributed by atoms with Crippen LogP contribution in [0, 0.1) is 0 Å². The summed E-state index contributed by atoms with van der Waals surface area (Å²) in [6.45, 7) is 0.0402. The number of rotatable bonds is 8. The molecule has 0 aliphatic carbocycles. The van der Waals surface area contributed by atoms with Crippen LogP contribution in [0.15, 0.2) is 101 Å². The number of anilines is 2. The summed E-state index contributed by atoms with van der Waals surface area (Å²) < 4.78 is 21.1. The molecule has 0 fully saturated rings. The van der Waals surface area contributed by atoms with Gasteiger partial charge in [0.05, 0.1) is 17.0 Å². The van der Waals surface area contributed by atoms with Gasteiger partial charge in [-0.05, 0) is 47.5 Å². The predicted octanol–water partition coefficient (Wildman–Crippen LogP) is 5.10. The Kier molecular flexibility index (Phi) is 7.04. The average molecular weight is 476 g/mol. The van der Waals surface area contributed by atoms with Gasteiger partial charge in [-0.15, -0.1) is 0 Å². The molecule has 0 saturated carbocycles. The first-order valence-corrected chi connectivity index (χ1v) is 11.4. The summed E-state index contributed by atoms with van der Waals surface area (Å²) in [5.41, 5.74) is 3.04. The lowest BCUT2D eigenvalue weighted by atomic mass is 10.1. The maximum Gasteiger partial charge on any atom is 0.338 e. The smallest absolute Gasteiger partial charge is 0.338 e. The third kappa shape index (κ3) is 5.70. The number of carbonyl (C=O) groups excluding carboxylic acids is 1. The van der Waals surface area contributed by atoms with Gasteiger partial charge in [0.15, 0.2) is 11.0 Å². The highest BCUT2D eigenvalue weighted by molar-refractivity contribution is 7.86. The number of carbonyl (C=O) groups is 2. The van der Waals surface area contributed by atoms with E-state index >= 15 is 0 Å². The molecule has 4 N–H and O–H groups in total. The Balaban J connectivity index is 1.34. The summed E-state index contributed by atoms with van der Waals surface area (Å²) in [6, 6.07) is 24.9. The highest BCUT2D eigenvalue weighted by Gasteiger charge is 2.12. The Bertz CT molecular complexity index is 1320. The van der Waals surface area contributed by atoms with Crippen LogP contribution in [0.4, 0.5) is 16.2 Å². The number of carboxylic acid groups (broad SMARTS) is 1. The normalized spacial score (nSPS) is 11.4. The molecule has 2 amide bonds. The van der Waals surface area contributed by atoms with E-state index < -0.39 is 23.0 Å². The highest BCUT2D eigenvalue weighted by Crippen LogP contribution is 2.27. The van der Waals surface area contributed by atoms with Crippen molar-refractivity contribution in [2.45, 2.75) is 11.4 Å². The number of benzene rings is 3. The van der Waals surface area contributed by atoms with Gasteiger partial charge < -0.3 is 24.9 Å². The van der Waals surface area contributed by atoms with Crippen LogP contribution in [0.3, 0.4) is 0 Å². The number of hydrogen-bond acceptors (Lipinski definition) is 4. The van der Waals surface area contributed by atoms with Crippen molar-refractivity contribution in [2.24, 2.45) is 0 Å². The Hall–Kier alpha value is -4.37. The van der Waals surface area contributed by atoms with E-state index in [0.717, 1.165) is 17.4 Å². The van der Waals surface area contributed by atoms with Crippen molar-refractivity contribution in [1.82, 2.24) is 5.32 Å². The lowest BCUT2D eigenvalue weighted by Gasteiger charge is -2.12. The Morgan fingerprint density at radius 1 is 0.882 bits per heavy atom. The Morgan fingerprint density at radius 3 is 2.26 bits per heavy atom. The molecule has 1 atom stereocenters. The second kappa shape index (κ2) is 10.5. The molecule has 1 aromatic heterocycles. The number of hydrogen-bond donors (Lipinski definition) is 4. The van der Waals surface area contributed by atoms with Crippen molar-refractivity contribution < 1.29 is 23.3 Å². The topological polar surface area (TPSA) is 121 Å². The second-order valence-electron chi connectivity index (χ2n) is 7.22. The van der Waals surface area contributed by atoms with Crippen LogP contribution in [0.25, 0.3) is 11.1 Å². The molecule has 0 saturated heterocycles. The zero-order valence-electron chi connectivity index (χ0n) is 17.9. The van der Waals surface area contributed by atoms with Crippen molar-refractivity contribution in [3.8, 4) is 11.1 Å². The van der Waals surface area contributed by atoms with Crippen LogP contribution in [-0.4, -0.2) is 21.3 Å². The molecular weight excluding hydrogens is 454 g/mol. The number of nitrogens with one attached hydrogen (secondary N) is 3. The Labute approximate surface area is 198 Å². The van der Waals surface area contributed by atoms with E-state index in [0.29, 0.717) is 22.0 Å². The zero-order valence-corrected chi connectivity index (χ0v) is 18.7. The van der Waals surface area contributed by atoms with E-state index in [4.69, 9.17) is 9.52 Å². The summed E-state index contributed by atoms with van der Waals surface area (Å²) in [4.78, 5) is 23.6. The minimum absolute atomic E-state index is 0.0177. The van der Waals surface area contributed by atoms with E-state index in [1.165, 1.54) is 6.07 Å². The lowest BCUT2D eigenvalue weighted by molar-refractivity contribution is 0.0696. The van der Waals surface area contributed by atoms with Crippen LogP contribution >= 0.6 is 0 Å². The zero-order chi connectivity index (χ0) is 23.9. The van der Waals surface area contributed by atoms with Crippen LogP contribution < -0.4 is 15.4 Å². The SMILES string of the molecule is O=C(NCc1cc(C(=O)O)co1)Nc1ccc(NS(=O)c2ccccc2-c2ccccc2)cc1. The fourth-order valence-electron chi connectivity index (χ4n) is 3.20. The molecule has 34 heavy (non-hydrogen) atoms. The largest absolute Gasteiger partial charge is 0.478 e. The maximum absolute atomic E-state index is 13.0. The molecule has 172 valence electrons. The number of aromatic carboxylic acids is 1. The minimum atomic E-state index is -1.49. The molecular formula is C25H21N3O5S. The average Bonchev–Trinajstić information content (AvgIpc) is 3.34. The minimum Gasteiger partial charge on any atom is -0.478 e. The van der Waals surface area contributed by atoms with Gasteiger partial charge in [0.1, 0.15) is 12.0 Å². The summed E-state index contributed by atoms with van der Waals surface area (Å²) in [5, 5.41) is 14.2. The van der Waals surface area contributed by atoms with Crippen LogP contribution in [0.1, 0.15) is 16.1 Å². The van der Waals surface area contributed by atoms with Gasteiger partial charge in [-0.2, -0.15) is 0 Å². The van der Waals surface area contributed by atoms with Gasteiger partial charge in [-0.3, -0.25) is 0 Å². The molecule has 4 aromatic rings. The maximum atomic E-state index is 13.0. The number of urea groups is 1. The van der Waals surface area contributed by atoms with Crippen molar-refractivity contribution in [3.63, 3.8) is 0 Å². The molecule has 9 heteroatoms. The van der Waals surface area contributed by atoms with Gasteiger partial charge in [-0.1, -0.05) is 48.5 Å². The molecule has 0 aliphatic heterocycles. The number of furan rings is 1. The Morgan fingerprint density at radius 2 is 1.56 bits per heavy atom. The first kappa shape index (κ1) is 22.8. The summed E-state index contributed by atoms with van der Waals surface area (Å²) >= 11 is 0. The van der Waals surface area contributed by atoms with Crippen LogP contribution in [0.5, 0.6) is 0 Å². The van der Waals surface area contributed by atoms with Crippen molar-refractivity contribution >= 4 is 34.4 Å². The monoisotopic (exact) mass is 475 g/mol. The van der Waals surface area contributed by atoms with Gasteiger partial charge >= 0.3 is 12.0 Å². The number of carboxylic acids is 1. The van der Waals surface area contributed by atoms with E-state index in [1.807, 2.05) is 54.6 Å². The molecule has 0 spiro atoms. The molecule has 8 nitrogen and oxygen atoms in total. The molecule has 0 bridgehead atoms. The summed E-state index contributed by atoms with van der Waals surface area (Å²) in [7, 11) is -1.49.